The highest BCUT2D eigenvalue weighted by Gasteiger charge is 2.14. The van der Waals surface area contributed by atoms with E-state index in [1.165, 1.54) is 0 Å². The molecule has 0 radical (unpaired) electrons. The molecule has 2 rings (SSSR count). The van der Waals surface area contributed by atoms with Crippen molar-refractivity contribution in [3.05, 3.63) is 41.3 Å². The van der Waals surface area contributed by atoms with Crippen LogP contribution < -0.4 is 10.6 Å². The predicted octanol–water partition coefficient (Wildman–Crippen LogP) is 4.16. The molecular formula is C17H23N3O2S. The molecule has 2 amide bonds. The van der Waals surface area contributed by atoms with Crippen LogP contribution in [0.3, 0.4) is 0 Å². The Hall–Kier alpha value is -1.95. The standard InChI is InChI=1S/C17H23N3O2S/c1-5-23-15-8-6-7-14(10-15)19-17(21)18-11(2)9-16-12(3)20-22-13(16)4/h6-8,10-11H,5,9H2,1-4H3,(H2,18,19,21). The minimum absolute atomic E-state index is 0.0139. The molecule has 2 N–H and O–H groups in total. The van der Waals surface area contributed by atoms with Crippen LogP contribution in [0.25, 0.3) is 0 Å². The van der Waals surface area contributed by atoms with E-state index >= 15 is 0 Å². The van der Waals surface area contributed by atoms with Gasteiger partial charge in [0.1, 0.15) is 5.76 Å². The van der Waals surface area contributed by atoms with Gasteiger partial charge in [0.15, 0.2) is 0 Å². The van der Waals surface area contributed by atoms with Crippen molar-refractivity contribution in [2.45, 2.75) is 45.1 Å². The molecule has 0 saturated carbocycles. The fraction of sp³-hybridized carbons (Fsp3) is 0.412. The number of nitrogens with zero attached hydrogens (tertiary/aromatic N) is 1. The summed E-state index contributed by atoms with van der Waals surface area (Å²) < 4.78 is 5.15. The van der Waals surface area contributed by atoms with Crippen LogP contribution in [-0.2, 0) is 6.42 Å². The second kappa shape index (κ2) is 8.06. The number of benzene rings is 1. The summed E-state index contributed by atoms with van der Waals surface area (Å²) in [5.41, 5.74) is 2.73. The maximum atomic E-state index is 12.1. The van der Waals surface area contributed by atoms with Crippen molar-refractivity contribution in [2.24, 2.45) is 0 Å². The molecule has 0 aliphatic heterocycles. The van der Waals surface area contributed by atoms with Crippen LogP contribution in [0, 0.1) is 13.8 Å². The van der Waals surface area contributed by atoms with Crippen molar-refractivity contribution in [3.63, 3.8) is 0 Å². The number of thioether (sulfide) groups is 1. The summed E-state index contributed by atoms with van der Waals surface area (Å²) in [6.45, 7) is 7.87. The molecule has 2 aromatic rings. The number of carbonyl (C=O) groups is 1. The van der Waals surface area contributed by atoms with E-state index in [0.29, 0.717) is 6.42 Å². The molecule has 0 saturated heterocycles. The Morgan fingerprint density at radius 3 is 2.83 bits per heavy atom. The fourth-order valence-electron chi connectivity index (χ4n) is 2.37. The Morgan fingerprint density at radius 1 is 1.39 bits per heavy atom. The third kappa shape index (κ3) is 5.03. The number of aryl methyl sites for hydroxylation is 2. The van der Waals surface area contributed by atoms with Gasteiger partial charge in [0.25, 0.3) is 0 Å². The van der Waals surface area contributed by atoms with Crippen LogP contribution in [0.2, 0.25) is 0 Å². The number of anilines is 1. The second-order valence-corrected chi connectivity index (χ2v) is 6.80. The molecule has 1 aromatic carbocycles. The number of rotatable bonds is 6. The van der Waals surface area contributed by atoms with Crippen LogP contribution in [0.15, 0.2) is 33.7 Å². The molecule has 0 fully saturated rings. The summed E-state index contributed by atoms with van der Waals surface area (Å²) in [5, 5.41) is 9.76. The van der Waals surface area contributed by atoms with E-state index in [-0.39, 0.29) is 12.1 Å². The summed E-state index contributed by atoms with van der Waals surface area (Å²) >= 11 is 1.75. The highest BCUT2D eigenvalue weighted by atomic mass is 32.2. The Labute approximate surface area is 141 Å². The molecule has 1 aromatic heterocycles. The molecule has 1 atom stereocenters. The number of urea groups is 1. The van der Waals surface area contributed by atoms with Gasteiger partial charge in [-0.3, -0.25) is 0 Å². The highest BCUT2D eigenvalue weighted by molar-refractivity contribution is 7.99. The van der Waals surface area contributed by atoms with Crippen LogP contribution in [0.1, 0.15) is 30.9 Å². The van der Waals surface area contributed by atoms with Crippen molar-refractivity contribution in [3.8, 4) is 0 Å². The zero-order valence-corrected chi connectivity index (χ0v) is 14.8. The van der Waals surface area contributed by atoms with E-state index in [9.17, 15) is 4.79 Å². The normalized spacial score (nSPS) is 12.0. The summed E-state index contributed by atoms with van der Waals surface area (Å²) in [7, 11) is 0. The fourth-order valence-corrected chi connectivity index (χ4v) is 3.09. The van der Waals surface area contributed by atoms with Gasteiger partial charge in [-0.2, -0.15) is 0 Å². The first-order valence-corrected chi connectivity index (χ1v) is 8.70. The highest BCUT2D eigenvalue weighted by Crippen LogP contribution is 2.21. The van der Waals surface area contributed by atoms with Crippen molar-refractivity contribution in [2.75, 3.05) is 11.1 Å². The first-order valence-electron chi connectivity index (χ1n) is 7.71. The van der Waals surface area contributed by atoms with Crippen molar-refractivity contribution >= 4 is 23.5 Å². The zero-order chi connectivity index (χ0) is 16.8. The number of hydrogen-bond acceptors (Lipinski definition) is 4. The topological polar surface area (TPSA) is 67.2 Å². The lowest BCUT2D eigenvalue weighted by Crippen LogP contribution is -2.37. The Kier molecular flexibility index (Phi) is 6.10. The van der Waals surface area contributed by atoms with Gasteiger partial charge in [0, 0.05) is 22.2 Å². The SMILES string of the molecule is CCSc1cccc(NC(=O)NC(C)Cc2c(C)noc2C)c1. The molecule has 0 aliphatic rings. The first kappa shape index (κ1) is 17.4. The minimum Gasteiger partial charge on any atom is -0.361 e. The Bertz CT molecular complexity index is 650. The molecular weight excluding hydrogens is 310 g/mol. The Morgan fingerprint density at radius 2 is 2.17 bits per heavy atom. The van der Waals surface area contributed by atoms with Gasteiger partial charge in [0.2, 0.25) is 0 Å². The van der Waals surface area contributed by atoms with Crippen LogP contribution in [0.5, 0.6) is 0 Å². The van der Waals surface area contributed by atoms with Crippen molar-refractivity contribution in [1.82, 2.24) is 10.5 Å². The zero-order valence-electron chi connectivity index (χ0n) is 14.0. The van der Waals surface area contributed by atoms with E-state index in [1.807, 2.05) is 45.0 Å². The van der Waals surface area contributed by atoms with E-state index in [0.717, 1.165) is 33.4 Å². The summed E-state index contributed by atoms with van der Waals surface area (Å²) in [6.07, 6.45) is 0.695. The van der Waals surface area contributed by atoms with E-state index in [4.69, 9.17) is 4.52 Å². The van der Waals surface area contributed by atoms with Crippen molar-refractivity contribution < 1.29 is 9.32 Å². The number of nitrogens with one attached hydrogen (secondary N) is 2. The smallest absolute Gasteiger partial charge is 0.319 e. The Balaban J connectivity index is 1.90. The lowest BCUT2D eigenvalue weighted by Gasteiger charge is -2.15. The van der Waals surface area contributed by atoms with E-state index in [2.05, 4.69) is 22.7 Å². The second-order valence-electron chi connectivity index (χ2n) is 5.47. The lowest BCUT2D eigenvalue weighted by molar-refractivity contribution is 0.249. The molecule has 6 heteroatoms. The maximum Gasteiger partial charge on any atom is 0.319 e. The summed E-state index contributed by atoms with van der Waals surface area (Å²) in [6, 6.07) is 7.63. The molecule has 23 heavy (non-hydrogen) atoms. The molecule has 0 aliphatic carbocycles. The molecule has 0 spiro atoms. The van der Waals surface area contributed by atoms with Gasteiger partial charge in [-0.1, -0.05) is 18.1 Å². The van der Waals surface area contributed by atoms with Gasteiger partial charge in [0.05, 0.1) is 5.69 Å². The number of aromatic nitrogens is 1. The predicted molar refractivity (Wildman–Crippen MR) is 94.1 cm³/mol. The largest absolute Gasteiger partial charge is 0.361 e. The quantitative estimate of drug-likeness (QED) is 0.779. The summed E-state index contributed by atoms with van der Waals surface area (Å²) in [4.78, 5) is 13.3. The molecule has 0 bridgehead atoms. The molecule has 5 nitrogen and oxygen atoms in total. The van der Waals surface area contributed by atoms with Crippen LogP contribution in [0.4, 0.5) is 10.5 Å². The average Bonchev–Trinajstić information content (AvgIpc) is 2.79. The third-order valence-electron chi connectivity index (χ3n) is 3.47. The van der Waals surface area contributed by atoms with Gasteiger partial charge >= 0.3 is 6.03 Å². The van der Waals surface area contributed by atoms with E-state index < -0.39 is 0 Å². The molecule has 124 valence electrons. The molecule has 1 heterocycles. The van der Waals surface area contributed by atoms with E-state index in [1.54, 1.807) is 11.8 Å². The lowest BCUT2D eigenvalue weighted by atomic mass is 10.1. The number of hydrogen-bond donors (Lipinski definition) is 2. The van der Waals surface area contributed by atoms with Gasteiger partial charge in [-0.05, 0) is 51.1 Å². The van der Waals surface area contributed by atoms with Gasteiger partial charge in [-0.15, -0.1) is 11.8 Å². The minimum atomic E-state index is -0.206. The van der Waals surface area contributed by atoms with Crippen LogP contribution in [-0.4, -0.2) is 23.0 Å². The first-order chi connectivity index (χ1) is 11.0. The summed E-state index contributed by atoms with van der Waals surface area (Å²) in [5.74, 6) is 1.81. The maximum absolute atomic E-state index is 12.1. The monoisotopic (exact) mass is 333 g/mol. The molecule has 1 unspecified atom stereocenters. The number of carbonyl (C=O) groups excluding carboxylic acids is 1. The van der Waals surface area contributed by atoms with Gasteiger partial charge < -0.3 is 15.2 Å². The average molecular weight is 333 g/mol. The van der Waals surface area contributed by atoms with Crippen LogP contribution >= 0.6 is 11.8 Å². The number of amides is 2. The van der Waals surface area contributed by atoms with Crippen molar-refractivity contribution in [1.29, 1.82) is 0 Å². The van der Waals surface area contributed by atoms with Gasteiger partial charge in [-0.25, -0.2) is 4.79 Å². The third-order valence-corrected chi connectivity index (χ3v) is 4.35.